The number of rotatable bonds is 4. The van der Waals surface area contributed by atoms with Crippen LogP contribution in [0.15, 0.2) is 24.3 Å². The molecule has 136 valence electrons. The Balaban J connectivity index is 1.65. The highest BCUT2D eigenvalue weighted by molar-refractivity contribution is 5.80. The number of nitrogens with zero attached hydrogens (tertiary/aromatic N) is 2. The summed E-state index contributed by atoms with van der Waals surface area (Å²) in [6.45, 7) is 2.49. The molecule has 1 aromatic carbocycles. The lowest BCUT2D eigenvalue weighted by molar-refractivity contribution is -0.141. The second-order valence-corrected chi connectivity index (χ2v) is 7.11. The number of hydrogen-bond acceptors (Lipinski definition) is 3. The van der Waals surface area contributed by atoms with Crippen LogP contribution in [0.2, 0.25) is 0 Å². The van der Waals surface area contributed by atoms with Crippen molar-refractivity contribution in [3.05, 3.63) is 35.6 Å². The minimum atomic E-state index is -0.322. The second kappa shape index (κ2) is 7.95. The van der Waals surface area contributed by atoms with E-state index < -0.39 is 0 Å². The summed E-state index contributed by atoms with van der Waals surface area (Å²) in [6.07, 6.45) is 4.56. The summed E-state index contributed by atoms with van der Waals surface area (Å²) in [5.41, 5.74) is 6.26. The highest BCUT2D eigenvalue weighted by Crippen LogP contribution is 2.33. The second-order valence-electron chi connectivity index (χ2n) is 7.11. The van der Waals surface area contributed by atoms with Gasteiger partial charge in [0.25, 0.3) is 0 Å². The third-order valence-electron chi connectivity index (χ3n) is 5.36. The van der Waals surface area contributed by atoms with E-state index in [1.165, 1.54) is 12.1 Å². The molecule has 2 N–H and O–H groups in total. The van der Waals surface area contributed by atoms with Gasteiger partial charge < -0.3 is 10.6 Å². The van der Waals surface area contributed by atoms with Crippen molar-refractivity contribution in [1.82, 2.24) is 9.80 Å². The lowest BCUT2D eigenvalue weighted by atomic mass is 9.90. The fourth-order valence-corrected chi connectivity index (χ4v) is 4.02. The minimum absolute atomic E-state index is 0.00479. The average molecular weight is 347 g/mol. The van der Waals surface area contributed by atoms with Gasteiger partial charge in [-0.25, -0.2) is 4.39 Å². The molecule has 2 aliphatic heterocycles. The highest BCUT2D eigenvalue weighted by Gasteiger charge is 2.34. The molecule has 0 saturated carbocycles. The van der Waals surface area contributed by atoms with Gasteiger partial charge >= 0.3 is 0 Å². The molecule has 1 atom stereocenters. The van der Waals surface area contributed by atoms with Crippen LogP contribution in [0, 0.1) is 11.7 Å². The maximum Gasteiger partial charge on any atom is 0.231 e. The Morgan fingerprint density at radius 2 is 1.72 bits per heavy atom. The smallest absolute Gasteiger partial charge is 0.231 e. The molecule has 0 aliphatic carbocycles. The fourth-order valence-electron chi connectivity index (χ4n) is 4.02. The Labute approximate surface area is 148 Å². The number of nitrogens with two attached hydrogens (primary N) is 1. The summed E-state index contributed by atoms with van der Waals surface area (Å²) in [6, 6.07) is 6.57. The maximum absolute atomic E-state index is 13.2. The topological polar surface area (TPSA) is 66.6 Å². The largest absolute Gasteiger partial charge is 0.369 e. The van der Waals surface area contributed by atoms with Crippen molar-refractivity contribution in [3.63, 3.8) is 0 Å². The lowest BCUT2D eigenvalue weighted by Gasteiger charge is -2.40. The van der Waals surface area contributed by atoms with E-state index in [1.807, 2.05) is 9.80 Å². The van der Waals surface area contributed by atoms with Crippen LogP contribution in [-0.4, -0.2) is 47.8 Å². The summed E-state index contributed by atoms with van der Waals surface area (Å²) in [7, 11) is 0. The summed E-state index contributed by atoms with van der Waals surface area (Å²) >= 11 is 0. The quantitative estimate of drug-likeness (QED) is 0.907. The van der Waals surface area contributed by atoms with Gasteiger partial charge in [-0.3, -0.25) is 14.5 Å². The Hall–Kier alpha value is -1.95. The molecule has 0 unspecified atom stereocenters. The summed E-state index contributed by atoms with van der Waals surface area (Å²) in [4.78, 5) is 28.1. The van der Waals surface area contributed by atoms with Crippen molar-refractivity contribution in [2.75, 3.05) is 26.2 Å². The predicted molar refractivity (Wildman–Crippen MR) is 93.1 cm³/mol. The summed E-state index contributed by atoms with van der Waals surface area (Å²) in [5.74, 6) is -0.366. The van der Waals surface area contributed by atoms with Crippen molar-refractivity contribution in [3.8, 4) is 0 Å². The first-order chi connectivity index (χ1) is 12.0. The molecular formula is C19H26FN3O2. The van der Waals surface area contributed by atoms with Crippen LogP contribution in [0.5, 0.6) is 0 Å². The minimum Gasteiger partial charge on any atom is -0.369 e. The molecule has 25 heavy (non-hydrogen) atoms. The van der Waals surface area contributed by atoms with Crippen molar-refractivity contribution >= 4 is 11.8 Å². The van der Waals surface area contributed by atoms with Gasteiger partial charge in [0.1, 0.15) is 5.82 Å². The standard InChI is InChI=1S/C19H26FN3O2/c20-16-6-4-14(5-7-16)17-3-1-2-10-23(17)19(25)15-8-11-22(12-9-15)13-18(21)24/h4-7,15,17H,1-3,8-13H2,(H2,21,24)/t17-/m1/s1. The molecule has 2 heterocycles. The van der Waals surface area contributed by atoms with Gasteiger partial charge in [0.2, 0.25) is 11.8 Å². The molecule has 3 rings (SSSR count). The number of amides is 2. The van der Waals surface area contributed by atoms with Gasteiger partial charge in [-0.15, -0.1) is 0 Å². The molecule has 2 amide bonds. The first-order valence-electron chi connectivity index (χ1n) is 9.11. The Morgan fingerprint density at radius 3 is 2.36 bits per heavy atom. The van der Waals surface area contributed by atoms with Crippen LogP contribution in [0.25, 0.3) is 0 Å². The zero-order valence-corrected chi connectivity index (χ0v) is 14.5. The van der Waals surface area contributed by atoms with E-state index in [9.17, 15) is 14.0 Å². The van der Waals surface area contributed by atoms with E-state index in [-0.39, 0.29) is 36.1 Å². The van der Waals surface area contributed by atoms with Crippen molar-refractivity contribution < 1.29 is 14.0 Å². The Bertz CT molecular complexity index is 612. The number of benzene rings is 1. The zero-order valence-electron chi connectivity index (χ0n) is 14.5. The zero-order chi connectivity index (χ0) is 17.8. The number of hydrogen-bond donors (Lipinski definition) is 1. The summed E-state index contributed by atoms with van der Waals surface area (Å²) in [5, 5.41) is 0. The van der Waals surface area contributed by atoms with Crippen LogP contribution in [-0.2, 0) is 9.59 Å². The van der Waals surface area contributed by atoms with Crippen molar-refractivity contribution in [1.29, 1.82) is 0 Å². The maximum atomic E-state index is 13.2. The molecule has 0 aromatic heterocycles. The third kappa shape index (κ3) is 4.37. The van der Waals surface area contributed by atoms with Crippen LogP contribution in [0.4, 0.5) is 4.39 Å². The average Bonchev–Trinajstić information content (AvgIpc) is 2.62. The molecule has 6 heteroatoms. The Morgan fingerprint density at radius 1 is 1.04 bits per heavy atom. The highest BCUT2D eigenvalue weighted by atomic mass is 19.1. The monoisotopic (exact) mass is 347 g/mol. The van der Waals surface area contributed by atoms with Gasteiger partial charge in [0.05, 0.1) is 12.6 Å². The molecule has 2 aliphatic rings. The lowest BCUT2D eigenvalue weighted by Crippen LogP contribution is -2.46. The molecule has 2 saturated heterocycles. The predicted octanol–water partition coefficient (Wildman–Crippen LogP) is 2.08. The molecule has 0 radical (unpaired) electrons. The van der Waals surface area contributed by atoms with Crippen LogP contribution < -0.4 is 5.73 Å². The SMILES string of the molecule is NC(=O)CN1CCC(C(=O)N2CCCC[C@@H]2c2ccc(F)cc2)CC1. The van der Waals surface area contributed by atoms with E-state index in [4.69, 9.17) is 5.73 Å². The third-order valence-corrected chi connectivity index (χ3v) is 5.36. The Kier molecular flexibility index (Phi) is 5.68. The fraction of sp³-hybridized carbons (Fsp3) is 0.579. The van der Waals surface area contributed by atoms with Crippen molar-refractivity contribution in [2.45, 2.75) is 38.1 Å². The van der Waals surface area contributed by atoms with Gasteiger partial charge in [-0.05, 0) is 62.9 Å². The number of carbonyl (C=O) groups is 2. The van der Waals surface area contributed by atoms with E-state index in [2.05, 4.69) is 0 Å². The van der Waals surface area contributed by atoms with Crippen LogP contribution in [0.1, 0.15) is 43.7 Å². The molecular weight excluding hydrogens is 321 g/mol. The number of halogens is 1. The first-order valence-corrected chi connectivity index (χ1v) is 9.11. The molecule has 5 nitrogen and oxygen atoms in total. The molecule has 0 spiro atoms. The van der Waals surface area contributed by atoms with E-state index in [1.54, 1.807) is 12.1 Å². The van der Waals surface area contributed by atoms with Gasteiger partial charge in [0.15, 0.2) is 0 Å². The summed E-state index contributed by atoms with van der Waals surface area (Å²) < 4.78 is 13.2. The van der Waals surface area contributed by atoms with Gasteiger partial charge in [0, 0.05) is 12.5 Å². The van der Waals surface area contributed by atoms with Crippen LogP contribution >= 0.6 is 0 Å². The molecule has 1 aromatic rings. The number of likely N-dealkylation sites (tertiary alicyclic amines) is 2. The van der Waals surface area contributed by atoms with E-state index in [0.29, 0.717) is 0 Å². The first kappa shape index (κ1) is 17.9. The van der Waals surface area contributed by atoms with Gasteiger partial charge in [-0.2, -0.15) is 0 Å². The molecule has 0 bridgehead atoms. The van der Waals surface area contributed by atoms with E-state index >= 15 is 0 Å². The van der Waals surface area contributed by atoms with Crippen molar-refractivity contribution in [2.24, 2.45) is 11.7 Å². The number of piperidine rings is 2. The van der Waals surface area contributed by atoms with E-state index in [0.717, 1.165) is 57.3 Å². The number of carbonyl (C=O) groups excluding carboxylic acids is 2. The van der Waals surface area contributed by atoms with Crippen LogP contribution in [0.3, 0.4) is 0 Å². The van der Waals surface area contributed by atoms with Gasteiger partial charge in [-0.1, -0.05) is 12.1 Å². The normalized spacial score (nSPS) is 22.8. The molecule has 2 fully saturated rings. The number of primary amides is 1.